The third kappa shape index (κ3) is 36.0. The summed E-state index contributed by atoms with van der Waals surface area (Å²) in [5, 5.41) is 10.8. The second-order valence-electron chi connectivity index (χ2n) is 4.45. The number of hydrogen-bond donors (Lipinski definition) is 3. The van der Waals surface area contributed by atoms with Gasteiger partial charge in [-0.3, -0.25) is 0 Å². The van der Waals surface area contributed by atoms with Crippen LogP contribution >= 0.6 is 0 Å². The Morgan fingerprint density at radius 3 is 0.600 bits per heavy atom. The van der Waals surface area contributed by atoms with Gasteiger partial charge in [-0.25, -0.2) is 20.4 Å². The van der Waals surface area contributed by atoms with Gasteiger partial charge < -0.3 is 6.15 Å². The fraction of sp³-hybridized carbons (Fsp3) is 0.867. The van der Waals surface area contributed by atoms with E-state index >= 15 is 0 Å². The number of carbonyl (C=O) groups excluding carboxylic acids is 2. The predicted octanol–water partition coefficient (Wildman–Crippen LogP) is 5.28. The molecule has 2 aliphatic rings. The Kier molecular flexibility index (Phi) is 41.5. The van der Waals surface area contributed by atoms with E-state index in [0.717, 1.165) is 12.2 Å². The normalized spacial score (nSPS) is 15.2. The van der Waals surface area contributed by atoms with Crippen molar-refractivity contribution in [3.8, 4) is 0 Å². The molecule has 20 heavy (non-hydrogen) atoms. The molecule has 5 nitrogen and oxygen atoms in total. The Hall–Kier alpha value is -1.28. The van der Waals surface area contributed by atoms with Crippen molar-refractivity contribution in [2.75, 3.05) is 0 Å². The Labute approximate surface area is 124 Å². The minimum atomic E-state index is 0. The molecule has 0 heterocycles. The molecule has 5 heteroatoms. The molecular weight excluding hydrogens is 254 g/mol. The topological polar surface area (TPSA) is 117 Å². The van der Waals surface area contributed by atoms with E-state index in [0.29, 0.717) is 0 Å². The molecule has 2 saturated carbocycles. The maximum atomic E-state index is 8.35. The average Bonchev–Trinajstić information content (AvgIpc) is 2.45. The summed E-state index contributed by atoms with van der Waals surface area (Å²) < 4.78 is 0. The molecule has 0 aromatic heterocycles. The van der Waals surface area contributed by atoms with Crippen LogP contribution in [0.5, 0.6) is 0 Å². The zero-order valence-corrected chi connectivity index (χ0v) is 12.0. The molecule has 2 aliphatic carbocycles. The number of nitrogens with one attached hydrogen (secondary N) is 2. The van der Waals surface area contributed by atoms with Crippen molar-refractivity contribution >= 4 is 12.2 Å². The summed E-state index contributed by atoms with van der Waals surface area (Å²) in [5.74, 6) is 0. The van der Waals surface area contributed by atoms with Crippen LogP contribution in [0.25, 0.3) is 0 Å². The fourth-order valence-corrected chi connectivity index (χ4v) is 2.12. The zero-order chi connectivity index (χ0) is 13.9. The van der Waals surface area contributed by atoms with E-state index in [9.17, 15) is 0 Å². The zero-order valence-electron chi connectivity index (χ0n) is 12.0. The van der Waals surface area contributed by atoms with Gasteiger partial charge in [0.15, 0.2) is 0 Å². The van der Waals surface area contributed by atoms with Crippen molar-refractivity contribution in [1.82, 2.24) is 6.15 Å². The van der Waals surface area contributed by atoms with Gasteiger partial charge in [-0.1, -0.05) is 84.5 Å². The number of rotatable bonds is 0. The van der Waals surface area contributed by atoms with Gasteiger partial charge >= 0.3 is 0 Å². The average molecular weight is 287 g/mol. The molecule has 0 aromatic carbocycles. The van der Waals surface area contributed by atoms with E-state index in [-0.39, 0.29) is 13.6 Å². The van der Waals surface area contributed by atoms with Crippen LogP contribution in [0.4, 0.5) is 0 Å². The molecule has 2 fully saturated rings. The fourth-order valence-electron chi connectivity index (χ4n) is 2.12. The lowest BCUT2D eigenvalue weighted by molar-refractivity contribution is 0.504. The molecule has 0 aromatic rings. The molecule has 0 saturated heterocycles. The van der Waals surface area contributed by atoms with Gasteiger partial charge in [0.05, 0.1) is 0 Å². The smallest absolute Gasteiger partial charge is 0.231 e. The molecule has 0 spiro atoms. The molecular formula is C15H33N3O2. The van der Waals surface area contributed by atoms with E-state index < -0.39 is 0 Å². The highest BCUT2D eigenvalue weighted by molar-refractivity contribution is 5.26. The lowest BCUT2D eigenvalue weighted by atomic mass is 10.0. The highest BCUT2D eigenvalue weighted by atomic mass is 16.1. The summed E-state index contributed by atoms with van der Waals surface area (Å²) in [6.45, 7) is 0. The van der Waals surface area contributed by atoms with E-state index in [2.05, 4.69) is 0 Å². The van der Waals surface area contributed by atoms with Crippen LogP contribution in [0.15, 0.2) is 0 Å². The summed E-state index contributed by atoms with van der Waals surface area (Å²) in [7, 11) is 0. The van der Waals surface area contributed by atoms with Gasteiger partial charge in [0, 0.05) is 0 Å². The van der Waals surface area contributed by atoms with Crippen LogP contribution in [0.1, 0.15) is 84.5 Å². The molecule has 5 N–H and O–H groups in total. The van der Waals surface area contributed by atoms with Crippen molar-refractivity contribution in [1.29, 1.82) is 10.8 Å². The van der Waals surface area contributed by atoms with Gasteiger partial charge in [0.1, 0.15) is 0 Å². The van der Waals surface area contributed by atoms with Crippen LogP contribution in [0, 0.1) is 10.8 Å². The van der Waals surface area contributed by atoms with Gasteiger partial charge in [0.25, 0.3) is 0 Å². The van der Waals surface area contributed by atoms with E-state index in [4.69, 9.17) is 20.4 Å². The van der Waals surface area contributed by atoms with Crippen LogP contribution in [-0.4, -0.2) is 12.2 Å². The van der Waals surface area contributed by atoms with Crippen LogP contribution in [0.3, 0.4) is 0 Å². The second kappa shape index (κ2) is 30.6. The molecule has 2 rings (SSSR count). The predicted molar refractivity (Wildman–Crippen MR) is 84.0 cm³/mol. The van der Waals surface area contributed by atoms with E-state index in [1.165, 1.54) is 77.0 Å². The Balaban J connectivity index is -0.0000000874. The monoisotopic (exact) mass is 287 g/mol. The molecule has 0 unspecified atom stereocenters. The Morgan fingerprint density at radius 1 is 0.500 bits per heavy atom. The summed E-state index contributed by atoms with van der Waals surface area (Å²) >= 11 is 0. The number of isocyanates is 2. The van der Waals surface area contributed by atoms with Crippen molar-refractivity contribution in [3.63, 3.8) is 0 Å². The Bertz CT molecular complexity index is 166. The van der Waals surface area contributed by atoms with Crippen LogP contribution in [0.2, 0.25) is 0 Å². The molecule has 0 atom stereocenters. The molecule has 0 amide bonds. The third-order valence-electron chi connectivity index (χ3n) is 3.00. The highest BCUT2D eigenvalue weighted by Crippen LogP contribution is 2.15. The third-order valence-corrected chi connectivity index (χ3v) is 3.00. The van der Waals surface area contributed by atoms with Gasteiger partial charge in [-0.2, -0.15) is 0 Å². The van der Waals surface area contributed by atoms with Crippen molar-refractivity contribution in [2.24, 2.45) is 0 Å². The lowest BCUT2D eigenvalue weighted by Crippen LogP contribution is -1.85. The standard InChI is InChI=1S/2C6H12.2CHNO.CH4.H3N/c2*1-2-4-6-5-3-1;2*2-1-3;;/h2*1-6H2;2*2H;1H4;1H3. The largest absolute Gasteiger partial charge is 0.344 e. The summed E-state index contributed by atoms with van der Waals surface area (Å²) in [4.78, 5) is 16.7. The first-order valence-corrected chi connectivity index (χ1v) is 6.91. The van der Waals surface area contributed by atoms with Crippen molar-refractivity contribution < 1.29 is 9.59 Å². The SMILES string of the molecule is C.C1CCCCC1.C1CCCCC1.N.N=C=O.N=C=O. The quantitative estimate of drug-likeness (QED) is 0.415. The van der Waals surface area contributed by atoms with Gasteiger partial charge in [0.2, 0.25) is 12.2 Å². The molecule has 0 aliphatic heterocycles. The van der Waals surface area contributed by atoms with E-state index in [1.807, 2.05) is 0 Å². The van der Waals surface area contributed by atoms with Crippen LogP contribution in [-0.2, 0) is 9.59 Å². The number of hydrogen-bond acceptors (Lipinski definition) is 5. The first-order valence-electron chi connectivity index (χ1n) is 6.91. The van der Waals surface area contributed by atoms with Crippen molar-refractivity contribution in [2.45, 2.75) is 84.5 Å². The summed E-state index contributed by atoms with van der Waals surface area (Å²) in [6.07, 6.45) is 19.5. The molecule has 0 bridgehead atoms. The summed E-state index contributed by atoms with van der Waals surface area (Å²) in [6, 6.07) is 0. The molecule has 0 radical (unpaired) electrons. The van der Waals surface area contributed by atoms with Crippen LogP contribution < -0.4 is 6.15 Å². The molecule has 120 valence electrons. The maximum absolute atomic E-state index is 8.35. The highest BCUT2D eigenvalue weighted by Gasteiger charge is 1.96. The van der Waals surface area contributed by atoms with E-state index in [1.54, 1.807) is 0 Å². The first-order chi connectivity index (χ1) is 8.83. The Morgan fingerprint density at radius 2 is 0.550 bits per heavy atom. The minimum Gasteiger partial charge on any atom is -0.344 e. The summed E-state index contributed by atoms with van der Waals surface area (Å²) in [5.41, 5.74) is 0. The second-order valence-corrected chi connectivity index (χ2v) is 4.45. The first kappa shape index (κ1) is 27.1. The lowest BCUT2D eigenvalue weighted by Gasteiger charge is -2.05. The van der Waals surface area contributed by atoms with Gasteiger partial charge in [-0.05, 0) is 0 Å². The van der Waals surface area contributed by atoms with Gasteiger partial charge in [-0.15, -0.1) is 0 Å². The minimum absolute atomic E-state index is 0. The maximum Gasteiger partial charge on any atom is 0.231 e. The van der Waals surface area contributed by atoms with Crippen molar-refractivity contribution in [3.05, 3.63) is 0 Å².